The first-order valence-electron chi connectivity index (χ1n) is 11.8. The molecule has 3 N–H and O–H groups in total. The van der Waals surface area contributed by atoms with E-state index in [9.17, 15) is 14.9 Å². The van der Waals surface area contributed by atoms with Crippen molar-refractivity contribution in [1.82, 2.24) is 35.2 Å². The fourth-order valence-corrected chi connectivity index (χ4v) is 4.33. The molecule has 2 saturated heterocycles. The van der Waals surface area contributed by atoms with E-state index in [4.69, 9.17) is 9.97 Å². The Morgan fingerprint density at radius 2 is 1.94 bits per heavy atom. The third-order valence-corrected chi connectivity index (χ3v) is 6.30. The second kappa shape index (κ2) is 8.81. The lowest BCUT2D eigenvalue weighted by Gasteiger charge is -2.23. The standard InChI is InChI=1S/C23H23N11O2/c24-12-14-3-1-6-25-18(14)32-7-2-8-33(10-9-32)21-29-19-15(11-17-20(35)30-23(36)28-17)13-26-34(19)22(31-21)27-16-4-5-16/h1,3,6,11,13,16H,2,4-5,7-10H2,(H,27,29,31)(H2,28,30,35,36)/b17-11-. The Bertz CT molecular complexity index is 1440. The number of fused-ring (bicyclic) bond motifs is 1. The van der Waals surface area contributed by atoms with Crippen LogP contribution in [0.4, 0.5) is 22.5 Å². The summed E-state index contributed by atoms with van der Waals surface area (Å²) in [6.07, 6.45) is 7.84. The van der Waals surface area contributed by atoms with Crippen LogP contribution in [-0.2, 0) is 4.79 Å². The monoisotopic (exact) mass is 485 g/mol. The number of nitrogens with zero attached hydrogens (tertiary/aromatic N) is 8. The van der Waals surface area contributed by atoms with Crippen LogP contribution in [0.15, 0.2) is 30.2 Å². The molecule has 5 heterocycles. The molecule has 0 radical (unpaired) electrons. The molecule has 3 amide bonds. The van der Waals surface area contributed by atoms with Crippen LogP contribution in [0.25, 0.3) is 11.7 Å². The first kappa shape index (κ1) is 21.8. The highest BCUT2D eigenvalue weighted by Gasteiger charge is 2.27. The highest BCUT2D eigenvalue weighted by atomic mass is 16.2. The Labute approximate surface area is 205 Å². The molecule has 36 heavy (non-hydrogen) atoms. The largest absolute Gasteiger partial charge is 0.354 e. The lowest BCUT2D eigenvalue weighted by atomic mass is 10.2. The minimum atomic E-state index is -0.560. The number of imide groups is 1. The topological polar surface area (TPSA) is 156 Å². The Morgan fingerprint density at radius 3 is 2.72 bits per heavy atom. The summed E-state index contributed by atoms with van der Waals surface area (Å²) < 4.78 is 1.63. The van der Waals surface area contributed by atoms with Gasteiger partial charge in [-0.2, -0.15) is 24.8 Å². The SMILES string of the molecule is N#Cc1cccnc1N1CCCN(c2nc(NC3CC3)n3ncc(/C=C4\NC(=O)NC4=O)c3n2)CC1. The van der Waals surface area contributed by atoms with Crippen LogP contribution in [0.2, 0.25) is 0 Å². The molecule has 13 nitrogen and oxygen atoms in total. The number of amides is 3. The van der Waals surface area contributed by atoms with Crippen LogP contribution in [0, 0.1) is 11.3 Å². The summed E-state index contributed by atoms with van der Waals surface area (Å²) in [5, 5.41) is 22.0. The maximum absolute atomic E-state index is 12.0. The van der Waals surface area contributed by atoms with Crippen LogP contribution in [0.1, 0.15) is 30.4 Å². The van der Waals surface area contributed by atoms with E-state index < -0.39 is 11.9 Å². The van der Waals surface area contributed by atoms with E-state index in [2.05, 4.69) is 41.9 Å². The number of rotatable bonds is 5. The quantitative estimate of drug-likeness (QED) is 0.350. The van der Waals surface area contributed by atoms with Crippen molar-refractivity contribution in [2.75, 3.05) is 41.3 Å². The van der Waals surface area contributed by atoms with Gasteiger partial charge in [0.15, 0.2) is 5.65 Å². The van der Waals surface area contributed by atoms with Crippen LogP contribution in [0.3, 0.4) is 0 Å². The predicted molar refractivity (Wildman–Crippen MR) is 130 cm³/mol. The molecular weight excluding hydrogens is 462 g/mol. The minimum absolute atomic E-state index is 0.140. The van der Waals surface area contributed by atoms with E-state index in [1.165, 1.54) is 0 Å². The van der Waals surface area contributed by atoms with Gasteiger partial charge >= 0.3 is 6.03 Å². The van der Waals surface area contributed by atoms with Crippen LogP contribution in [0.5, 0.6) is 0 Å². The number of nitrogens with one attached hydrogen (secondary N) is 3. The van der Waals surface area contributed by atoms with Gasteiger partial charge in [-0.3, -0.25) is 10.1 Å². The van der Waals surface area contributed by atoms with Crippen molar-refractivity contribution in [2.45, 2.75) is 25.3 Å². The number of carbonyl (C=O) groups excluding carboxylic acids is 2. The second-order valence-corrected chi connectivity index (χ2v) is 8.88. The first-order valence-corrected chi connectivity index (χ1v) is 11.8. The Balaban J connectivity index is 1.33. The molecule has 3 aliphatic rings. The van der Waals surface area contributed by atoms with Gasteiger partial charge in [0.05, 0.1) is 11.8 Å². The molecule has 0 unspecified atom stereocenters. The fraction of sp³-hybridized carbons (Fsp3) is 0.348. The summed E-state index contributed by atoms with van der Waals surface area (Å²) in [4.78, 5) is 41.8. The summed E-state index contributed by atoms with van der Waals surface area (Å²) in [7, 11) is 0. The molecule has 6 rings (SSSR count). The van der Waals surface area contributed by atoms with Gasteiger partial charge in [0.1, 0.15) is 17.6 Å². The van der Waals surface area contributed by atoms with Crippen molar-refractivity contribution in [1.29, 1.82) is 5.26 Å². The van der Waals surface area contributed by atoms with E-state index >= 15 is 0 Å². The highest BCUT2D eigenvalue weighted by Crippen LogP contribution is 2.27. The van der Waals surface area contributed by atoms with Gasteiger partial charge in [-0.1, -0.05) is 0 Å². The normalized spacial score (nSPS) is 19.2. The number of anilines is 3. The molecule has 3 aromatic rings. The van der Waals surface area contributed by atoms with E-state index in [1.54, 1.807) is 35.1 Å². The molecule has 0 bridgehead atoms. The average Bonchev–Trinajstić information content (AvgIpc) is 3.59. The Morgan fingerprint density at radius 1 is 1.11 bits per heavy atom. The minimum Gasteiger partial charge on any atom is -0.354 e. The molecule has 3 aromatic heterocycles. The third-order valence-electron chi connectivity index (χ3n) is 6.30. The zero-order valence-electron chi connectivity index (χ0n) is 19.3. The van der Waals surface area contributed by atoms with E-state index in [-0.39, 0.29) is 5.70 Å². The molecule has 1 saturated carbocycles. The van der Waals surface area contributed by atoms with Gasteiger partial charge in [-0.05, 0) is 37.5 Å². The number of aromatic nitrogens is 5. The predicted octanol–water partition coefficient (Wildman–Crippen LogP) is 0.862. The maximum Gasteiger partial charge on any atom is 0.326 e. The lowest BCUT2D eigenvalue weighted by molar-refractivity contribution is -0.115. The Kier molecular flexibility index (Phi) is 5.33. The number of carbonyl (C=O) groups is 2. The van der Waals surface area contributed by atoms with Gasteiger partial charge in [0, 0.05) is 44.0 Å². The smallest absolute Gasteiger partial charge is 0.326 e. The van der Waals surface area contributed by atoms with Crippen LogP contribution in [-0.4, -0.2) is 68.7 Å². The van der Waals surface area contributed by atoms with E-state index in [0.29, 0.717) is 53.6 Å². The van der Waals surface area contributed by atoms with Crippen molar-refractivity contribution >= 4 is 41.4 Å². The Hall–Kier alpha value is -4.73. The van der Waals surface area contributed by atoms with E-state index in [0.717, 1.165) is 32.4 Å². The molecule has 2 aliphatic heterocycles. The fourth-order valence-electron chi connectivity index (χ4n) is 4.33. The van der Waals surface area contributed by atoms with Gasteiger partial charge in [0.25, 0.3) is 5.91 Å². The summed E-state index contributed by atoms with van der Waals surface area (Å²) in [6.45, 7) is 2.79. The summed E-state index contributed by atoms with van der Waals surface area (Å²) >= 11 is 0. The molecule has 3 fully saturated rings. The molecule has 0 spiro atoms. The molecule has 0 atom stereocenters. The van der Waals surface area contributed by atoms with Crippen molar-refractivity contribution in [3.05, 3.63) is 41.4 Å². The van der Waals surface area contributed by atoms with Crippen molar-refractivity contribution in [2.24, 2.45) is 0 Å². The van der Waals surface area contributed by atoms with Gasteiger partial charge in [-0.25, -0.2) is 9.78 Å². The number of pyridine rings is 1. The number of hydrogen-bond acceptors (Lipinski definition) is 10. The van der Waals surface area contributed by atoms with Crippen molar-refractivity contribution in [3.8, 4) is 6.07 Å². The molecule has 0 aromatic carbocycles. The summed E-state index contributed by atoms with van der Waals surface area (Å²) in [6, 6.07) is 5.55. The molecular formula is C23H23N11O2. The van der Waals surface area contributed by atoms with Crippen LogP contribution >= 0.6 is 0 Å². The van der Waals surface area contributed by atoms with Crippen LogP contribution < -0.4 is 25.8 Å². The van der Waals surface area contributed by atoms with Gasteiger partial charge in [-0.15, -0.1) is 0 Å². The van der Waals surface area contributed by atoms with Crippen molar-refractivity contribution in [3.63, 3.8) is 0 Å². The maximum atomic E-state index is 12.0. The zero-order chi connectivity index (χ0) is 24.6. The number of hydrogen-bond donors (Lipinski definition) is 3. The molecule has 13 heteroatoms. The van der Waals surface area contributed by atoms with Crippen molar-refractivity contribution < 1.29 is 9.59 Å². The lowest BCUT2D eigenvalue weighted by Crippen LogP contribution is -2.32. The van der Waals surface area contributed by atoms with Gasteiger partial charge in [0.2, 0.25) is 11.9 Å². The molecule has 182 valence electrons. The highest BCUT2D eigenvalue weighted by molar-refractivity contribution is 6.14. The zero-order valence-corrected chi connectivity index (χ0v) is 19.3. The second-order valence-electron chi connectivity index (χ2n) is 8.88. The summed E-state index contributed by atoms with van der Waals surface area (Å²) in [5.74, 6) is 1.33. The summed E-state index contributed by atoms with van der Waals surface area (Å²) in [5.41, 5.74) is 1.82. The number of nitriles is 1. The third kappa shape index (κ3) is 4.13. The molecule has 1 aliphatic carbocycles. The number of urea groups is 1. The first-order chi connectivity index (χ1) is 17.6. The van der Waals surface area contributed by atoms with E-state index in [1.807, 2.05) is 0 Å². The van der Waals surface area contributed by atoms with Gasteiger partial charge < -0.3 is 20.4 Å². The average molecular weight is 486 g/mol.